The van der Waals surface area contributed by atoms with Crippen molar-refractivity contribution < 1.29 is 40.1 Å². The summed E-state index contributed by atoms with van der Waals surface area (Å²) in [7, 11) is -2.85. The molecular formula is C27H34CuN5O5S. The van der Waals surface area contributed by atoms with Crippen molar-refractivity contribution in [3.63, 3.8) is 0 Å². The third kappa shape index (κ3) is 7.26. The Morgan fingerprint density at radius 1 is 1.05 bits per heavy atom. The van der Waals surface area contributed by atoms with Crippen LogP contribution >= 0.6 is 0 Å². The Balaban J connectivity index is 0.00000533. The first-order chi connectivity index (χ1) is 17.6. The fraction of sp³-hybridized carbons (Fsp3) is 0.407. The Morgan fingerprint density at radius 3 is 2.28 bits per heavy atom. The Morgan fingerprint density at radius 2 is 1.69 bits per heavy atom. The first-order valence-corrected chi connectivity index (χ1v) is 13.6. The second kappa shape index (κ2) is 11.9. The van der Waals surface area contributed by atoms with Gasteiger partial charge in [0.25, 0.3) is 0 Å². The molecule has 0 aliphatic heterocycles. The van der Waals surface area contributed by atoms with Crippen molar-refractivity contribution in [2.45, 2.75) is 64.2 Å². The normalized spacial score (nSPS) is 12.3. The summed E-state index contributed by atoms with van der Waals surface area (Å²) < 4.78 is 37.0. The van der Waals surface area contributed by atoms with Gasteiger partial charge >= 0.3 is 17.1 Å². The van der Waals surface area contributed by atoms with Crippen molar-refractivity contribution in [2.75, 3.05) is 6.61 Å². The molecule has 3 aromatic rings. The third-order valence-corrected chi connectivity index (χ3v) is 6.97. The van der Waals surface area contributed by atoms with Gasteiger partial charge in [0.15, 0.2) is 5.69 Å². The van der Waals surface area contributed by atoms with Crippen LogP contribution < -0.4 is 4.74 Å². The number of hydrogen-bond donors (Lipinski definition) is 1. The van der Waals surface area contributed by atoms with Crippen molar-refractivity contribution in [2.24, 2.45) is 17.3 Å². The minimum atomic E-state index is -4.43. The summed E-state index contributed by atoms with van der Waals surface area (Å²) in [6.07, 6.45) is 0. The molecule has 0 saturated heterocycles. The van der Waals surface area contributed by atoms with E-state index < -0.39 is 21.3 Å². The van der Waals surface area contributed by atoms with Gasteiger partial charge in [-0.1, -0.05) is 65.8 Å². The van der Waals surface area contributed by atoms with Crippen LogP contribution in [0, 0.1) is 0 Å². The zero-order valence-corrected chi connectivity index (χ0v) is 25.0. The molecule has 2 aromatic carbocycles. The minimum Gasteiger partial charge on any atom is -0.537 e. The van der Waals surface area contributed by atoms with Crippen molar-refractivity contribution >= 4 is 27.3 Å². The molecule has 0 atom stereocenters. The fourth-order valence-electron chi connectivity index (χ4n) is 3.61. The molecule has 214 valence electrons. The molecule has 10 nitrogen and oxygen atoms in total. The van der Waals surface area contributed by atoms with E-state index in [1.54, 1.807) is 38.2 Å². The number of amides is 1. The number of nitrogens with zero attached hydrogens (tertiary/aromatic N) is 5. The molecule has 1 amide bonds. The van der Waals surface area contributed by atoms with Crippen molar-refractivity contribution in [1.29, 1.82) is 0 Å². The summed E-state index contributed by atoms with van der Waals surface area (Å²) in [4.78, 5) is 13.0. The van der Waals surface area contributed by atoms with E-state index in [0.717, 1.165) is 5.56 Å². The third-order valence-electron chi connectivity index (χ3n) is 5.69. The topological polar surface area (TPSA) is 137 Å². The molecule has 1 N–H and O–H groups in total. The van der Waals surface area contributed by atoms with E-state index >= 15 is 0 Å². The Hall–Kier alpha value is -3.21. The smallest absolute Gasteiger partial charge is 0.537 e. The molecule has 1 heterocycles. The van der Waals surface area contributed by atoms with Crippen molar-refractivity contribution in [3.05, 3.63) is 64.0 Å². The maximum Gasteiger partial charge on any atom is 1.00 e. The molecule has 0 radical (unpaired) electrons. The number of aromatic nitrogens is 2. The summed E-state index contributed by atoms with van der Waals surface area (Å²) in [5.41, 5.74) is 0.675. The van der Waals surface area contributed by atoms with Crippen LogP contribution in [0.1, 0.15) is 70.1 Å². The summed E-state index contributed by atoms with van der Waals surface area (Å²) in [6.45, 7) is 13.6. The van der Waals surface area contributed by atoms with Crippen LogP contribution in [0.5, 0.6) is 11.6 Å². The average Bonchev–Trinajstić information content (AvgIpc) is 3.11. The molecule has 0 spiro atoms. The van der Waals surface area contributed by atoms with Crippen molar-refractivity contribution in [3.8, 4) is 11.6 Å². The summed E-state index contributed by atoms with van der Waals surface area (Å²) in [6, 6.07) is 11.0. The van der Waals surface area contributed by atoms with Gasteiger partial charge in [0, 0.05) is 18.0 Å². The predicted molar refractivity (Wildman–Crippen MR) is 145 cm³/mol. The largest absolute Gasteiger partial charge is 1.00 e. The molecule has 0 bridgehead atoms. The number of carbonyl (C=O) groups excluding carboxylic acids is 1. The molecule has 1 aromatic heterocycles. The summed E-state index contributed by atoms with van der Waals surface area (Å²) in [5, 5.41) is 23.1. The van der Waals surface area contributed by atoms with E-state index in [1.165, 1.54) is 22.9 Å². The van der Waals surface area contributed by atoms with Gasteiger partial charge < -0.3 is 19.4 Å². The van der Waals surface area contributed by atoms with Crippen LogP contribution in [0.4, 0.5) is 11.4 Å². The van der Waals surface area contributed by atoms with Crippen molar-refractivity contribution in [1.82, 2.24) is 9.78 Å². The van der Waals surface area contributed by atoms with E-state index in [9.17, 15) is 18.3 Å². The second-order valence-corrected chi connectivity index (χ2v) is 12.4. The van der Waals surface area contributed by atoms with Crippen LogP contribution in [-0.2, 0) is 45.0 Å². The molecule has 0 fully saturated rings. The van der Waals surface area contributed by atoms with E-state index in [4.69, 9.17) is 4.74 Å². The number of benzene rings is 2. The Kier molecular flexibility index (Phi) is 9.76. The molecule has 0 aliphatic rings. The molecule has 0 unspecified atom stereocenters. The second-order valence-electron chi connectivity index (χ2n) is 10.8. The molecule has 0 saturated carbocycles. The fourth-order valence-corrected chi connectivity index (χ4v) is 4.68. The maximum absolute atomic E-state index is 13.3. The van der Waals surface area contributed by atoms with Crippen LogP contribution in [0.15, 0.2) is 57.6 Å². The van der Waals surface area contributed by atoms with Crippen LogP contribution in [0.2, 0.25) is 0 Å². The van der Waals surface area contributed by atoms with Crippen LogP contribution in [-0.4, -0.2) is 35.8 Å². The van der Waals surface area contributed by atoms with E-state index in [-0.39, 0.29) is 62.6 Å². The number of ether oxygens (including phenoxy) is 1. The van der Waals surface area contributed by atoms with Gasteiger partial charge in [0.05, 0.1) is 28.8 Å². The molecular weight excluding hydrogens is 570 g/mol. The first-order valence-electron chi connectivity index (χ1n) is 12.1. The molecule has 3 rings (SSSR count). The standard InChI is InChI=1S/C27H35N5O5S.Cu/c1-9-37-20-15-14-17(26(2,3)4)16-21(20)38(35,36)31-24(33)18-12-10-11-13-19(18)28-29-22-23(27(5,6)7)30-32(8)25(22)34;/h10-16H,9H2,1-8H3,(H2,28,30,31,33,34);/q;+1/p-1. The zero-order valence-electron chi connectivity index (χ0n) is 23.3. The van der Waals surface area contributed by atoms with E-state index in [2.05, 4.69) is 20.0 Å². The zero-order chi connectivity index (χ0) is 28.5. The number of carbonyl (C=O) groups is 1. The van der Waals surface area contributed by atoms with Gasteiger partial charge in [-0.15, -0.1) is 10.2 Å². The van der Waals surface area contributed by atoms with Gasteiger partial charge in [0.2, 0.25) is 5.88 Å². The number of rotatable bonds is 7. The summed E-state index contributed by atoms with van der Waals surface area (Å²) >= 11 is 0. The average molecular weight is 604 g/mol. The quantitative estimate of drug-likeness (QED) is 0.244. The van der Waals surface area contributed by atoms with E-state index in [0.29, 0.717) is 5.69 Å². The monoisotopic (exact) mass is 603 g/mol. The number of hydrogen-bond acceptors (Lipinski definition) is 8. The molecule has 0 aliphatic carbocycles. The van der Waals surface area contributed by atoms with Crippen LogP contribution in [0.25, 0.3) is 4.72 Å². The predicted octanol–water partition coefficient (Wildman–Crippen LogP) is 6.44. The molecule has 39 heavy (non-hydrogen) atoms. The number of aromatic hydroxyl groups is 1. The van der Waals surface area contributed by atoms with Gasteiger partial charge in [-0.05, 0) is 36.1 Å². The van der Waals surface area contributed by atoms with Gasteiger partial charge in [-0.25, -0.2) is 13.1 Å². The Labute approximate surface area is 240 Å². The Bertz CT molecular complexity index is 1490. The van der Waals surface area contributed by atoms with E-state index in [1.807, 2.05) is 41.5 Å². The number of aryl methyl sites for hydroxylation is 1. The maximum atomic E-state index is 13.3. The number of sulfonamides is 1. The SMILES string of the molecule is CCOc1ccc(C(C)(C)C)cc1S(=O)(=O)[N-]C(=O)c1ccccc1N=Nc1c(C(C)(C)C)nn(C)c1O.[Cu+]. The number of azo groups is 1. The minimum absolute atomic E-state index is 0. The van der Waals surface area contributed by atoms with Gasteiger partial charge in [-0.2, -0.15) is 5.10 Å². The summed E-state index contributed by atoms with van der Waals surface area (Å²) in [5.74, 6) is -1.07. The van der Waals surface area contributed by atoms with Gasteiger partial charge in [0.1, 0.15) is 15.8 Å². The van der Waals surface area contributed by atoms with Crippen LogP contribution in [0.3, 0.4) is 0 Å². The van der Waals surface area contributed by atoms with Gasteiger partial charge in [-0.3, -0.25) is 0 Å². The first kappa shape index (κ1) is 32.0. The molecule has 12 heteroatoms.